The minimum Gasteiger partial charge on any atom is -0.463 e. The maximum atomic E-state index is 11.6. The molecule has 1 aliphatic heterocycles. The summed E-state index contributed by atoms with van der Waals surface area (Å²) in [6.45, 7) is 2.28. The molecule has 7 heteroatoms. The topological polar surface area (TPSA) is 87.7 Å². The second kappa shape index (κ2) is 7.18. The number of aliphatic hydroxyl groups is 1. The number of aliphatic hydroxyl groups excluding tert-OH is 1. The van der Waals surface area contributed by atoms with Crippen LogP contribution in [0.25, 0.3) is 0 Å². The average molecular weight is 260 g/mol. The summed E-state index contributed by atoms with van der Waals surface area (Å²) in [6, 6.07) is -0.322. The van der Waals surface area contributed by atoms with Gasteiger partial charge in [0, 0.05) is 17.2 Å². The standard InChI is InChI=1S/C10H16N2O4S/c1-2-16-9(14)7-5-11-10(15)12-8(7)6-17-4-3-13/h13H,2-6H2,1H3,(H2,11,12,15). The quantitative estimate of drug-likeness (QED) is 0.456. The van der Waals surface area contributed by atoms with E-state index in [1.165, 1.54) is 11.8 Å². The Hall–Kier alpha value is -1.21. The van der Waals surface area contributed by atoms with E-state index in [0.29, 0.717) is 29.4 Å². The molecule has 1 rings (SSSR count). The van der Waals surface area contributed by atoms with E-state index in [-0.39, 0.29) is 19.2 Å². The Balaban J connectivity index is 2.71. The molecule has 6 nitrogen and oxygen atoms in total. The van der Waals surface area contributed by atoms with Crippen LogP contribution in [-0.4, -0.2) is 48.4 Å². The predicted octanol–water partition coefficient (Wildman–Crippen LogP) is -0.158. The van der Waals surface area contributed by atoms with Crippen molar-refractivity contribution in [1.29, 1.82) is 0 Å². The lowest BCUT2D eigenvalue weighted by Gasteiger charge is -2.20. The van der Waals surface area contributed by atoms with E-state index >= 15 is 0 Å². The van der Waals surface area contributed by atoms with Crippen molar-refractivity contribution < 1.29 is 19.4 Å². The van der Waals surface area contributed by atoms with Gasteiger partial charge in [-0.15, -0.1) is 0 Å². The van der Waals surface area contributed by atoms with E-state index in [1.54, 1.807) is 6.92 Å². The second-order valence-electron chi connectivity index (χ2n) is 3.26. The van der Waals surface area contributed by atoms with Gasteiger partial charge in [-0.2, -0.15) is 11.8 Å². The Morgan fingerprint density at radius 1 is 1.59 bits per heavy atom. The molecule has 0 fully saturated rings. The number of ether oxygens (including phenoxy) is 1. The highest BCUT2D eigenvalue weighted by Crippen LogP contribution is 2.13. The number of carbonyl (C=O) groups excluding carboxylic acids is 2. The highest BCUT2D eigenvalue weighted by atomic mass is 32.2. The number of esters is 1. The maximum absolute atomic E-state index is 11.6. The summed E-state index contributed by atoms with van der Waals surface area (Å²) in [5.74, 6) is 0.616. The van der Waals surface area contributed by atoms with Crippen LogP contribution in [0.15, 0.2) is 11.3 Å². The third kappa shape index (κ3) is 4.27. The molecule has 0 saturated carbocycles. The van der Waals surface area contributed by atoms with E-state index in [0.717, 1.165) is 0 Å². The van der Waals surface area contributed by atoms with Crippen molar-refractivity contribution >= 4 is 23.8 Å². The molecule has 3 N–H and O–H groups in total. The molecule has 0 aromatic rings. The van der Waals surface area contributed by atoms with Gasteiger partial charge in [-0.3, -0.25) is 0 Å². The van der Waals surface area contributed by atoms with Gasteiger partial charge < -0.3 is 20.5 Å². The van der Waals surface area contributed by atoms with E-state index in [2.05, 4.69) is 10.6 Å². The molecule has 0 aromatic carbocycles. The third-order valence-corrected chi connectivity index (χ3v) is 3.02. The van der Waals surface area contributed by atoms with Crippen LogP contribution in [0.3, 0.4) is 0 Å². The fourth-order valence-corrected chi connectivity index (χ4v) is 2.03. The minimum absolute atomic E-state index is 0.0683. The third-order valence-electron chi connectivity index (χ3n) is 2.06. The molecule has 0 spiro atoms. The SMILES string of the molecule is CCOC(=O)C1=C(CSCCO)NC(=O)NC1. The van der Waals surface area contributed by atoms with Crippen molar-refractivity contribution in [2.45, 2.75) is 6.92 Å². The average Bonchev–Trinajstić information content (AvgIpc) is 2.30. The lowest BCUT2D eigenvalue weighted by atomic mass is 10.2. The molecule has 0 aliphatic carbocycles. The molecular weight excluding hydrogens is 244 g/mol. The van der Waals surface area contributed by atoms with Crippen molar-refractivity contribution in [3.8, 4) is 0 Å². The van der Waals surface area contributed by atoms with Crippen LogP contribution in [-0.2, 0) is 9.53 Å². The Kier molecular flexibility index (Phi) is 5.85. The van der Waals surface area contributed by atoms with E-state index < -0.39 is 5.97 Å². The largest absolute Gasteiger partial charge is 0.463 e. The fourth-order valence-electron chi connectivity index (χ4n) is 1.31. The first-order chi connectivity index (χ1) is 8.19. The highest BCUT2D eigenvalue weighted by Gasteiger charge is 2.23. The van der Waals surface area contributed by atoms with Crippen LogP contribution >= 0.6 is 11.8 Å². The van der Waals surface area contributed by atoms with Gasteiger partial charge in [-0.1, -0.05) is 0 Å². The molecule has 0 atom stereocenters. The van der Waals surface area contributed by atoms with Crippen molar-refractivity contribution in [3.63, 3.8) is 0 Å². The Bertz CT molecular complexity index is 330. The number of rotatable bonds is 6. The number of nitrogens with one attached hydrogen (secondary N) is 2. The Labute approximate surface area is 104 Å². The van der Waals surface area contributed by atoms with E-state index in [9.17, 15) is 9.59 Å². The number of hydrogen-bond donors (Lipinski definition) is 3. The first-order valence-electron chi connectivity index (χ1n) is 5.31. The zero-order valence-corrected chi connectivity index (χ0v) is 10.4. The van der Waals surface area contributed by atoms with Gasteiger partial charge >= 0.3 is 12.0 Å². The zero-order valence-electron chi connectivity index (χ0n) is 9.62. The summed E-state index contributed by atoms with van der Waals surface area (Å²) in [7, 11) is 0. The molecule has 0 aromatic heterocycles. The predicted molar refractivity (Wildman–Crippen MR) is 64.6 cm³/mol. The van der Waals surface area contributed by atoms with Gasteiger partial charge in [0.1, 0.15) is 0 Å². The number of hydrogen-bond acceptors (Lipinski definition) is 5. The van der Waals surface area contributed by atoms with Gasteiger partial charge in [0.25, 0.3) is 0 Å². The van der Waals surface area contributed by atoms with Crippen LogP contribution < -0.4 is 10.6 Å². The Morgan fingerprint density at radius 2 is 2.35 bits per heavy atom. The van der Waals surface area contributed by atoms with Crippen molar-refractivity contribution in [2.75, 3.05) is 31.3 Å². The molecule has 1 aliphatic rings. The highest BCUT2D eigenvalue weighted by molar-refractivity contribution is 7.99. The van der Waals surface area contributed by atoms with Gasteiger partial charge in [-0.05, 0) is 6.92 Å². The van der Waals surface area contributed by atoms with Crippen LogP contribution in [0.5, 0.6) is 0 Å². The minimum atomic E-state index is -0.417. The molecule has 1 heterocycles. The molecule has 17 heavy (non-hydrogen) atoms. The van der Waals surface area contributed by atoms with Gasteiger partial charge in [0.05, 0.1) is 25.3 Å². The summed E-state index contributed by atoms with van der Waals surface area (Å²) in [5.41, 5.74) is 1.00. The molecule has 0 bridgehead atoms. The van der Waals surface area contributed by atoms with Gasteiger partial charge in [0.15, 0.2) is 0 Å². The van der Waals surface area contributed by atoms with E-state index in [1.807, 2.05) is 0 Å². The zero-order chi connectivity index (χ0) is 12.7. The summed E-state index contributed by atoms with van der Waals surface area (Å²) in [6.07, 6.45) is 0. The first-order valence-corrected chi connectivity index (χ1v) is 6.47. The summed E-state index contributed by atoms with van der Waals surface area (Å²) in [5, 5.41) is 13.8. The number of amides is 2. The van der Waals surface area contributed by atoms with Crippen LogP contribution in [0.2, 0.25) is 0 Å². The van der Waals surface area contributed by atoms with E-state index in [4.69, 9.17) is 9.84 Å². The number of urea groups is 1. The van der Waals surface area contributed by atoms with Crippen LogP contribution in [0.1, 0.15) is 6.92 Å². The number of thioether (sulfide) groups is 1. The van der Waals surface area contributed by atoms with Gasteiger partial charge in [0.2, 0.25) is 0 Å². The van der Waals surface area contributed by atoms with Crippen molar-refractivity contribution in [2.24, 2.45) is 0 Å². The van der Waals surface area contributed by atoms with Crippen molar-refractivity contribution in [3.05, 3.63) is 11.3 Å². The number of carbonyl (C=O) groups is 2. The summed E-state index contributed by atoms with van der Waals surface area (Å²) >= 11 is 1.44. The lowest BCUT2D eigenvalue weighted by molar-refractivity contribution is -0.138. The molecule has 0 unspecified atom stereocenters. The summed E-state index contributed by atoms with van der Waals surface area (Å²) < 4.78 is 4.91. The normalized spacial score (nSPS) is 15.3. The fraction of sp³-hybridized carbons (Fsp3) is 0.600. The maximum Gasteiger partial charge on any atom is 0.337 e. The second-order valence-corrected chi connectivity index (χ2v) is 4.37. The molecule has 0 radical (unpaired) electrons. The Morgan fingerprint density at radius 3 is 3.00 bits per heavy atom. The summed E-state index contributed by atoms with van der Waals surface area (Å²) in [4.78, 5) is 22.8. The monoisotopic (exact) mass is 260 g/mol. The smallest absolute Gasteiger partial charge is 0.337 e. The molecule has 0 saturated heterocycles. The molecule has 2 amide bonds. The van der Waals surface area contributed by atoms with Crippen LogP contribution in [0, 0.1) is 0 Å². The van der Waals surface area contributed by atoms with Crippen molar-refractivity contribution in [1.82, 2.24) is 10.6 Å². The molecule has 96 valence electrons. The first kappa shape index (κ1) is 13.9. The molecular formula is C10H16N2O4S. The van der Waals surface area contributed by atoms with Gasteiger partial charge in [-0.25, -0.2) is 9.59 Å². The lowest BCUT2D eigenvalue weighted by Crippen LogP contribution is -2.44. The van der Waals surface area contributed by atoms with Crippen LogP contribution in [0.4, 0.5) is 4.79 Å².